The van der Waals surface area contributed by atoms with Gasteiger partial charge in [-0.1, -0.05) is 193 Å². The fourth-order valence-electron chi connectivity index (χ4n) is 14.7. The zero-order chi connectivity index (χ0) is 53.5. The average Bonchev–Trinajstić information content (AvgIpc) is 3.72. The SMILES string of the molecule is CC(C)(C)c1ccc(Nc2cc3c(cc2-c2c4c(c5c6cc7c(cc6n6c5c2[B]c2cc5oc(-c8ccccc8)c(-c8ccccc8)c5cc2-6)C(C)(C)CCC7(C)C)C(C)(C)c2ccccc2-4)C(C)(C)CCC3(C)C)cc1. The van der Waals surface area contributed by atoms with Gasteiger partial charge in [0.25, 0.3) is 0 Å². The van der Waals surface area contributed by atoms with Crippen molar-refractivity contribution in [2.45, 2.75) is 148 Å². The molecule has 4 heteroatoms. The van der Waals surface area contributed by atoms with E-state index >= 15 is 0 Å². The van der Waals surface area contributed by atoms with Crippen LogP contribution in [0, 0.1) is 0 Å². The molecule has 3 heterocycles. The molecule has 3 nitrogen and oxygen atoms in total. The lowest BCUT2D eigenvalue weighted by Gasteiger charge is -2.42. The first-order valence-corrected chi connectivity index (χ1v) is 28.5. The first kappa shape index (κ1) is 48.3. The van der Waals surface area contributed by atoms with E-state index in [2.05, 4.69) is 253 Å². The fourth-order valence-corrected chi connectivity index (χ4v) is 14.7. The van der Waals surface area contributed by atoms with Crippen LogP contribution in [0.1, 0.15) is 155 Å². The number of fused-ring (bicyclic) bond motifs is 12. The van der Waals surface area contributed by atoms with Crippen LogP contribution in [0.15, 0.2) is 150 Å². The maximum atomic E-state index is 7.20. The topological polar surface area (TPSA) is 30.1 Å². The molecule has 0 fully saturated rings. The fraction of sp³-hybridized carbons (Fsp3) is 0.315. The molecule has 2 aromatic heterocycles. The van der Waals surface area contributed by atoms with Gasteiger partial charge in [-0.05, 0) is 168 Å². The molecule has 1 aliphatic heterocycles. The molecule has 0 atom stereocenters. The van der Waals surface area contributed by atoms with Crippen LogP contribution in [0.5, 0.6) is 0 Å². The lowest BCUT2D eigenvalue weighted by Crippen LogP contribution is -2.38. The van der Waals surface area contributed by atoms with E-state index < -0.39 is 0 Å². The van der Waals surface area contributed by atoms with Gasteiger partial charge in [0.2, 0.25) is 0 Å². The number of anilines is 2. The van der Waals surface area contributed by atoms with Crippen LogP contribution >= 0.6 is 0 Å². The van der Waals surface area contributed by atoms with Crippen LogP contribution < -0.4 is 16.2 Å². The van der Waals surface area contributed by atoms with Crippen LogP contribution in [0.4, 0.5) is 11.4 Å². The van der Waals surface area contributed by atoms with Crippen molar-refractivity contribution in [1.82, 2.24) is 4.57 Å². The summed E-state index contributed by atoms with van der Waals surface area (Å²) >= 11 is 0. The normalized spacial score (nSPS) is 17.8. The van der Waals surface area contributed by atoms with Gasteiger partial charge in [-0.25, -0.2) is 0 Å². The van der Waals surface area contributed by atoms with E-state index in [9.17, 15) is 0 Å². The molecule has 0 amide bonds. The second-order valence-electron chi connectivity index (χ2n) is 27.7. The summed E-state index contributed by atoms with van der Waals surface area (Å²) < 4.78 is 9.91. The Hall–Kier alpha value is -7.04. The van der Waals surface area contributed by atoms with Crippen molar-refractivity contribution in [3.8, 4) is 50.4 Å². The summed E-state index contributed by atoms with van der Waals surface area (Å²) in [5, 5.41) is 8.01. The molecule has 1 N–H and O–H groups in total. The molecule has 4 aliphatic rings. The zero-order valence-electron chi connectivity index (χ0n) is 47.6. The Morgan fingerprint density at radius 3 is 1.73 bits per heavy atom. The van der Waals surface area contributed by atoms with Crippen LogP contribution in [-0.2, 0) is 32.5 Å². The maximum absolute atomic E-state index is 7.20. The molecule has 383 valence electrons. The number of aromatic nitrogens is 1. The Labute approximate surface area is 457 Å². The van der Waals surface area contributed by atoms with Gasteiger partial charge in [0.05, 0.1) is 5.52 Å². The van der Waals surface area contributed by atoms with Gasteiger partial charge in [-0.2, -0.15) is 0 Å². The molecular formula is C73H72BN2O. The van der Waals surface area contributed by atoms with Crippen molar-refractivity contribution in [1.29, 1.82) is 0 Å². The first-order chi connectivity index (χ1) is 36.5. The Morgan fingerprint density at radius 2 is 1.09 bits per heavy atom. The molecule has 77 heavy (non-hydrogen) atoms. The third-order valence-electron chi connectivity index (χ3n) is 19.5. The van der Waals surface area contributed by atoms with E-state index in [4.69, 9.17) is 4.42 Å². The summed E-state index contributed by atoms with van der Waals surface area (Å²) in [7, 11) is 2.55. The highest BCUT2D eigenvalue weighted by Gasteiger charge is 2.46. The Balaban J connectivity index is 1.17. The van der Waals surface area contributed by atoms with E-state index in [1.54, 1.807) is 0 Å². The number of benzene rings is 8. The molecular weight excluding hydrogens is 932 g/mol. The molecule has 0 bridgehead atoms. The molecule has 3 aliphatic carbocycles. The molecule has 0 unspecified atom stereocenters. The van der Waals surface area contributed by atoms with Crippen LogP contribution in [0.25, 0.3) is 83.2 Å². The summed E-state index contributed by atoms with van der Waals surface area (Å²) in [6.07, 6.45) is 4.58. The van der Waals surface area contributed by atoms with Crippen LogP contribution in [0.2, 0.25) is 0 Å². The Bertz CT molecular complexity index is 4130. The molecule has 1 radical (unpaired) electrons. The predicted molar refractivity (Wildman–Crippen MR) is 328 cm³/mol. The monoisotopic (exact) mass is 1000 g/mol. The number of nitrogens with one attached hydrogen (secondary N) is 1. The van der Waals surface area contributed by atoms with E-state index in [0.717, 1.165) is 75.9 Å². The Morgan fingerprint density at radius 1 is 0.519 bits per heavy atom. The van der Waals surface area contributed by atoms with Gasteiger partial charge in [-0.3, -0.25) is 0 Å². The lowest BCUT2D eigenvalue weighted by molar-refractivity contribution is 0.332. The second-order valence-corrected chi connectivity index (χ2v) is 27.7. The number of nitrogens with zero attached hydrogens (tertiary/aromatic N) is 1. The molecule has 8 aromatic carbocycles. The summed E-state index contributed by atoms with van der Waals surface area (Å²) in [4.78, 5) is 0. The maximum Gasteiger partial charge on any atom is 0.198 e. The summed E-state index contributed by atoms with van der Waals surface area (Å²) in [6, 6.07) is 55.5. The smallest absolute Gasteiger partial charge is 0.198 e. The largest absolute Gasteiger partial charge is 0.455 e. The quantitative estimate of drug-likeness (QED) is 0.174. The average molecular weight is 1000 g/mol. The van der Waals surface area contributed by atoms with Gasteiger partial charge in [-0.15, -0.1) is 0 Å². The second kappa shape index (κ2) is 16.0. The lowest BCUT2D eigenvalue weighted by atomic mass is 9.57. The Kier molecular flexibility index (Phi) is 10.1. The molecule has 0 spiro atoms. The highest BCUT2D eigenvalue weighted by molar-refractivity contribution is 6.74. The summed E-state index contributed by atoms with van der Waals surface area (Å²) in [5.74, 6) is 0.899. The van der Waals surface area contributed by atoms with Gasteiger partial charge in [0.15, 0.2) is 7.28 Å². The van der Waals surface area contributed by atoms with Crippen molar-refractivity contribution in [3.63, 3.8) is 0 Å². The zero-order valence-corrected chi connectivity index (χ0v) is 47.6. The number of hydrogen-bond acceptors (Lipinski definition) is 2. The van der Waals surface area contributed by atoms with Crippen molar-refractivity contribution in [3.05, 3.63) is 185 Å². The minimum Gasteiger partial charge on any atom is -0.455 e. The van der Waals surface area contributed by atoms with Crippen molar-refractivity contribution < 1.29 is 4.42 Å². The molecule has 14 rings (SSSR count). The molecule has 0 saturated heterocycles. The number of hydrogen-bond donors (Lipinski definition) is 1. The highest BCUT2D eigenvalue weighted by Crippen LogP contribution is 2.59. The number of rotatable bonds is 5. The van der Waals surface area contributed by atoms with E-state index in [-0.39, 0.29) is 32.5 Å². The van der Waals surface area contributed by atoms with Crippen LogP contribution in [0.3, 0.4) is 0 Å². The van der Waals surface area contributed by atoms with Crippen molar-refractivity contribution >= 4 is 62.4 Å². The van der Waals surface area contributed by atoms with Crippen molar-refractivity contribution in [2.75, 3.05) is 5.32 Å². The molecule has 0 saturated carbocycles. The van der Waals surface area contributed by atoms with Gasteiger partial charge in [0.1, 0.15) is 11.3 Å². The third kappa shape index (κ3) is 7.02. The minimum absolute atomic E-state index is 0.00837. The molecule has 10 aromatic rings. The third-order valence-corrected chi connectivity index (χ3v) is 19.5. The van der Waals surface area contributed by atoms with Crippen LogP contribution in [-0.4, -0.2) is 11.8 Å². The van der Waals surface area contributed by atoms with Gasteiger partial charge in [0, 0.05) is 60.8 Å². The summed E-state index contributed by atoms with van der Waals surface area (Å²) in [5.41, 5.74) is 27.7. The number of furan rings is 1. The van der Waals surface area contributed by atoms with Crippen molar-refractivity contribution in [2.24, 2.45) is 0 Å². The van der Waals surface area contributed by atoms with E-state index in [1.807, 2.05) is 0 Å². The van der Waals surface area contributed by atoms with Gasteiger partial charge < -0.3 is 14.3 Å². The van der Waals surface area contributed by atoms with Gasteiger partial charge >= 0.3 is 0 Å². The minimum atomic E-state index is -0.311. The highest BCUT2D eigenvalue weighted by atomic mass is 16.3. The van der Waals surface area contributed by atoms with E-state index in [0.29, 0.717) is 0 Å². The summed E-state index contributed by atoms with van der Waals surface area (Å²) in [6.45, 7) is 31.7. The standard InChI is InChI=1S/C73H72BN2O/c1-68(2,3)44-28-30-45(31-29-44)75-56-39-53-51(69(4,5)32-34-71(53,8)9)36-47(56)62-61-46-26-20-21-27-50(46)73(12,13)64(61)63-48-37-52-54(72(10,11)35-33-70(52,6)7)40-57(48)76-58-38-49-59(41-55(58)74-65(62)66(63)76)77-67(43-24-18-15-19-25-43)60(49)42-22-16-14-17-23-42/h14-31,36-41,75H,32-35H2,1-13H3. The van der Waals surface area contributed by atoms with E-state index in [1.165, 1.54) is 94.2 Å². The predicted octanol–water partition coefficient (Wildman–Crippen LogP) is 18.5. The first-order valence-electron chi connectivity index (χ1n) is 28.5.